The number of fused-ring (bicyclic) bond motifs is 1. The molecule has 1 aliphatic rings. The van der Waals surface area contributed by atoms with Crippen LogP contribution in [0.1, 0.15) is 47.2 Å². The van der Waals surface area contributed by atoms with E-state index in [0.717, 1.165) is 42.1 Å². The van der Waals surface area contributed by atoms with E-state index in [2.05, 4.69) is 5.32 Å². The first-order valence-corrected chi connectivity index (χ1v) is 14.2. The number of hydrogen-bond donors (Lipinski definition) is 2. The van der Waals surface area contributed by atoms with Gasteiger partial charge >= 0.3 is 6.09 Å². The van der Waals surface area contributed by atoms with Crippen molar-refractivity contribution in [3.63, 3.8) is 0 Å². The summed E-state index contributed by atoms with van der Waals surface area (Å²) in [7, 11) is -2.56. The molecule has 9 nitrogen and oxygen atoms in total. The summed E-state index contributed by atoms with van der Waals surface area (Å²) < 4.78 is 37.1. The first-order valence-electron chi connectivity index (χ1n) is 12.6. The number of nitrogens with one attached hydrogen (secondary N) is 1. The molecule has 3 aromatic carbocycles. The number of ketones is 1. The van der Waals surface area contributed by atoms with Gasteiger partial charge in [-0.2, -0.15) is 0 Å². The number of carbonyl (C=O) groups excluding carboxylic acids is 2. The van der Waals surface area contributed by atoms with Crippen molar-refractivity contribution in [2.24, 2.45) is 5.14 Å². The van der Waals surface area contributed by atoms with Crippen LogP contribution in [-0.4, -0.2) is 38.1 Å². The summed E-state index contributed by atoms with van der Waals surface area (Å²) in [6, 6.07) is 18.5. The molecule has 0 unspecified atom stereocenters. The van der Waals surface area contributed by atoms with Crippen LogP contribution in [0.15, 0.2) is 77.8 Å². The number of hydrogen-bond acceptors (Lipinski definition) is 6. The van der Waals surface area contributed by atoms with Crippen LogP contribution >= 0.6 is 0 Å². The molecule has 1 amide bonds. The molecule has 3 N–H and O–H groups in total. The van der Waals surface area contributed by atoms with Crippen molar-refractivity contribution in [2.45, 2.75) is 43.2 Å². The molecule has 1 heterocycles. The predicted molar refractivity (Wildman–Crippen MR) is 148 cm³/mol. The van der Waals surface area contributed by atoms with E-state index < -0.39 is 21.9 Å². The Kier molecular flexibility index (Phi) is 7.40. The summed E-state index contributed by atoms with van der Waals surface area (Å²) in [5.74, 6) is 0.00121. The number of sulfonamides is 1. The molecular weight excluding hydrogens is 518 g/mol. The number of rotatable bonds is 8. The minimum atomic E-state index is -4.07. The summed E-state index contributed by atoms with van der Waals surface area (Å²) in [5, 5.41) is 9.13. The molecule has 0 aliphatic heterocycles. The largest absolute Gasteiger partial charge is 0.496 e. The number of primary sulfonamides is 1. The number of ether oxygens (including phenoxy) is 2. The molecule has 0 bridgehead atoms. The number of nitrogens with two attached hydrogens (primary N) is 1. The SMILES string of the molecule is COc1cc(C(=O)c2ccccc2S(N)(=O)=O)ccc1Cn1ccc2ccc(NC(=O)OC3CCCC3)cc21. The maximum atomic E-state index is 13.2. The van der Waals surface area contributed by atoms with Gasteiger partial charge in [-0.25, -0.2) is 18.4 Å². The molecule has 10 heteroatoms. The maximum Gasteiger partial charge on any atom is 0.411 e. The van der Waals surface area contributed by atoms with E-state index in [1.807, 2.05) is 35.0 Å². The van der Waals surface area contributed by atoms with E-state index in [4.69, 9.17) is 14.6 Å². The molecule has 39 heavy (non-hydrogen) atoms. The lowest BCUT2D eigenvalue weighted by Crippen LogP contribution is -2.20. The van der Waals surface area contributed by atoms with Crippen LogP contribution in [0.2, 0.25) is 0 Å². The van der Waals surface area contributed by atoms with E-state index in [-0.39, 0.29) is 22.1 Å². The van der Waals surface area contributed by atoms with Crippen molar-refractivity contribution in [1.29, 1.82) is 0 Å². The maximum absolute atomic E-state index is 13.2. The van der Waals surface area contributed by atoms with Crippen molar-refractivity contribution in [3.05, 3.63) is 89.6 Å². The second-order valence-corrected chi connectivity index (χ2v) is 11.1. The number of nitrogens with zero attached hydrogens (tertiary/aromatic N) is 1. The van der Waals surface area contributed by atoms with Crippen LogP contribution in [0.3, 0.4) is 0 Å². The van der Waals surface area contributed by atoms with Crippen molar-refractivity contribution in [3.8, 4) is 5.75 Å². The van der Waals surface area contributed by atoms with E-state index in [1.54, 1.807) is 24.3 Å². The molecule has 202 valence electrons. The van der Waals surface area contributed by atoms with Gasteiger partial charge in [0.15, 0.2) is 5.78 Å². The summed E-state index contributed by atoms with van der Waals surface area (Å²) in [5.41, 5.74) is 2.61. The standard InChI is InChI=1S/C29H29N3O6S/c1-37-26-16-20(28(33)24-8-4-5-9-27(24)39(30,35)36)10-11-21(26)18-32-15-14-19-12-13-22(17-25(19)32)31-29(34)38-23-6-2-3-7-23/h4-5,8-17,23H,2-3,6-7,18H2,1H3,(H,31,34)(H2,30,35,36). The lowest BCUT2D eigenvalue weighted by molar-refractivity contribution is 0.103. The molecule has 5 rings (SSSR count). The average molecular weight is 548 g/mol. The second kappa shape index (κ2) is 10.9. The molecule has 1 fully saturated rings. The van der Waals surface area contributed by atoms with Crippen LogP contribution in [0, 0.1) is 0 Å². The smallest absolute Gasteiger partial charge is 0.411 e. The molecular formula is C29H29N3O6S. The predicted octanol–water partition coefficient (Wildman–Crippen LogP) is 5.07. The summed E-state index contributed by atoms with van der Waals surface area (Å²) in [6.07, 6.45) is 5.43. The van der Waals surface area contributed by atoms with Gasteiger partial charge in [0, 0.05) is 28.6 Å². The van der Waals surface area contributed by atoms with Crippen molar-refractivity contribution >= 4 is 38.5 Å². The molecule has 0 saturated heterocycles. The van der Waals surface area contributed by atoms with Gasteiger partial charge in [-0.1, -0.05) is 30.3 Å². The fourth-order valence-electron chi connectivity index (χ4n) is 4.96. The zero-order chi connectivity index (χ0) is 27.6. The van der Waals surface area contributed by atoms with Gasteiger partial charge in [0.25, 0.3) is 0 Å². The molecule has 0 radical (unpaired) electrons. The Morgan fingerprint density at radius 2 is 1.79 bits per heavy atom. The fourth-order valence-corrected chi connectivity index (χ4v) is 5.70. The highest BCUT2D eigenvalue weighted by molar-refractivity contribution is 7.89. The Labute approximate surface area is 226 Å². The highest BCUT2D eigenvalue weighted by Crippen LogP contribution is 2.28. The van der Waals surface area contributed by atoms with Crippen molar-refractivity contribution < 1.29 is 27.5 Å². The first-order chi connectivity index (χ1) is 18.7. The quantitative estimate of drug-likeness (QED) is 0.296. The Bertz CT molecular complexity index is 1650. The van der Waals surface area contributed by atoms with Gasteiger partial charge in [-0.05, 0) is 67.5 Å². The number of carbonyl (C=O) groups is 2. The first kappa shape index (κ1) is 26.5. The number of methoxy groups -OCH3 is 1. The lowest BCUT2D eigenvalue weighted by Gasteiger charge is -2.14. The number of anilines is 1. The summed E-state index contributed by atoms with van der Waals surface area (Å²) in [6.45, 7) is 0.435. The Balaban J connectivity index is 1.38. The average Bonchev–Trinajstić information content (AvgIpc) is 3.58. The van der Waals surface area contributed by atoms with E-state index >= 15 is 0 Å². The van der Waals surface area contributed by atoms with E-state index in [1.165, 1.54) is 25.3 Å². The minimum Gasteiger partial charge on any atom is -0.496 e. The summed E-state index contributed by atoms with van der Waals surface area (Å²) >= 11 is 0. The summed E-state index contributed by atoms with van der Waals surface area (Å²) in [4.78, 5) is 25.3. The van der Waals surface area contributed by atoms with Gasteiger partial charge in [0.05, 0.1) is 24.1 Å². The van der Waals surface area contributed by atoms with Crippen LogP contribution in [0.4, 0.5) is 10.5 Å². The molecule has 1 aliphatic carbocycles. The van der Waals surface area contributed by atoms with Gasteiger partial charge in [0.1, 0.15) is 11.9 Å². The van der Waals surface area contributed by atoms with Gasteiger partial charge < -0.3 is 14.0 Å². The van der Waals surface area contributed by atoms with Crippen molar-refractivity contribution in [2.75, 3.05) is 12.4 Å². The van der Waals surface area contributed by atoms with Crippen LogP contribution in [-0.2, 0) is 21.3 Å². The number of amides is 1. The van der Waals surface area contributed by atoms with Gasteiger partial charge in [-0.15, -0.1) is 0 Å². The Hall–Kier alpha value is -4.15. The van der Waals surface area contributed by atoms with Crippen LogP contribution in [0.25, 0.3) is 10.9 Å². The highest BCUT2D eigenvalue weighted by atomic mass is 32.2. The monoisotopic (exact) mass is 547 g/mol. The van der Waals surface area contributed by atoms with Crippen molar-refractivity contribution in [1.82, 2.24) is 4.57 Å². The third-order valence-corrected chi connectivity index (χ3v) is 7.89. The normalized spacial score (nSPS) is 13.9. The van der Waals surface area contributed by atoms with Gasteiger partial charge in [0.2, 0.25) is 10.0 Å². The Morgan fingerprint density at radius 3 is 2.54 bits per heavy atom. The highest BCUT2D eigenvalue weighted by Gasteiger charge is 2.22. The third kappa shape index (κ3) is 5.81. The van der Waals surface area contributed by atoms with E-state index in [0.29, 0.717) is 18.0 Å². The molecule has 0 atom stereocenters. The molecule has 4 aromatic rings. The molecule has 0 spiro atoms. The zero-order valence-electron chi connectivity index (χ0n) is 21.4. The minimum absolute atomic E-state index is 0.00214. The topological polar surface area (TPSA) is 130 Å². The fraction of sp³-hybridized carbons (Fsp3) is 0.241. The van der Waals surface area contributed by atoms with Crippen LogP contribution in [0.5, 0.6) is 5.75 Å². The molecule has 1 aromatic heterocycles. The zero-order valence-corrected chi connectivity index (χ0v) is 22.2. The number of benzene rings is 3. The van der Waals surface area contributed by atoms with Gasteiger partial charge in [-0.3, -0.25) is 10.1 Å². The number of aromatic nitrogens is 1. The second-order valence-electron chi connectivity index (χ2n) is 9.55. The lowest BCUT2D eigenvalue weighted by atomic mass is 10.0. The van der Waals surface area contributed by atoms with E-state index in [9.17, 15) is 18.0 Å². The Morgan fingerprint density at radius 1 is 1.03 bits per heavy atom. The third-order valence-electron chi connectivity index (χ3n) is 6.92. The molecule has 1 saturated carbocycles. The van der Waals surface area contributed by atoms with Crippen LogP contribution < -0.4 is 15.2 Å².